The molecule has 0 atom stereocenters. The first-order valence-corrected chi connectivity index (χ1v) is 11.9. The fraction of sp³-hybridized carbons (Fsp3) is 1.00. The average Bonchev–Trinajstić information content (AvgIpc) is 2.07. The second-order valence-electron chi connectivity index (χ2n) is 5.53. The summed E-state index contributed by atoms with van der Waals surface area (Å²) in [6, 6.07) is 1.28. The second kappa shape index (κ2) is 8.41. The maximum atomic E-state index is 6.08. The Hall–Kier alpha value is 0.314. The Bertz CT molecular complexity index is 172. The van der Waals surface area contributed by atoms with Crippen molar-refractivity contribution >= 4 is 17.4 Å². The van der Waals surface area contributed by atoms with Crippen molar-refractivity contribution in [2.75, 3.05) is 0 Å². The van der Waals surface area contributed by atoms with Crippen LogP contribution in [0.15, 0.2) is 0 Å². The van der Waals surface area contributed by atoms with E-state index in [0.717, 1.165) is 6.42 Å². The fourth-order valence-electron chi connectivity index (χ4n) is 1.68. The van der Waals surface area contributed by atoms with Gasteiger partial charge in [0.1, 0.15) is 0 Å². The highest BCUT2D eigenvalue weighted by Crippen LogP contribution is 2.12. The van der Waals surface area contributed by atoms with Gasteiger partial charge < -0.3 is 15.6 Å². The van der Waals surface area contributed by atoms with Gasteiger partial charge in [-0.1, -0.05) is 25.7 Å². The molecule has 0 saturated carbocycles. The van der Waals surface area contributed by atoms with Crippen molar-refractivity contribution in [2.45, 2.75) is 70.5 Å². The molecule has 0 aromatic carbocycles. The average molecular weight is 262 g/mol. The smallest absolute Gasteiger partial charge is 0.194 e. The lowest BCUT2D eigenvalue weighted by Gasteiger charge is -2.22. The van der Waals surface area contributed by atoms with Crippen LogP contribution in [0, 0.1) is 0 Å². The highest BCUT2D eigenvalue weighted by molar-refractivity contribution is 6.77. The van der Waals surface area contributed by atoms with Crippen molar-refractivity contribution in [3.05, 3.63) is 0 Å². The lowest BCUT2D eigenvalue weighted by atomic mass is 10.1. The summed E-state index contributed by atoms with van der Waals surface area (Å²) in [7, 11) is -1.84. The van der Waals surface area contributed by atoms with E-state index in [1.807, 2.05) is 0 Å². The maximum Gasteiger partial charge on any atom is 0.194 e. The van der Waals surface area contributed by atoms with Gasteiger partial charge in [-0.3, -0.25) is 0 Å². The Morgan fingerprint density at radius 1 is 1.06 bits per heavy atom. The van der Waals surface area contributed by atoms with Gasteiger partial charge in [-0.05, 0) is 38.7 Å². The van der Waals surface area contributed by atoms with Crippen LogP contribution in [0.1, 0.15) is 32.1 Å². The third-order valence-electron chi connectivity index (χ3n) is 2.30. The van der Waals surface area contributed by atoms with E-state index in [1.54, 1.807) is 0 Å². The third-order valence-corrected chi connectivity index (χ3v) is 7.20. The van der Waals surface area contributed by atoms with Crippen LogP contribution in [0.3, 0.4) is 0 Å². The summed E-state index contributed by atoms with van der Waals surface area (Å²) in [5, 5.41) is 0. The Kier molecular flexibility index (Phi) is 8.58. The largest absolute Gasteiger partial charge is 0.456 e. The normalized spacial score (nSPS) is 12.8. The quantitative estimate of drug-likeness (QED) is 0.381. The van der Waals surface area contributed by atoms with Crippen LogP contribution in [-0.2, 0) is 4.12 Å². The molecule has 0 amide bonds. The molecule has 0 saturated heterocycles. The summed E-state index contributed by atoms with van der Waals surface area (Å²) in [6.07, 6.45) is 5.85. The van der Waals surface area contributed by atoms with E-state index in [-0.39, 0.29) is 6.17 Å². The van der Waals surface area contributed by atoms with E-state index in [1.165, 1.54) is 31.7 Å². The van der Waals surface area contributed by atoms with E-state index >= 15 is 0 Å². The zero-order valence-electron chi connectivity index (χ0n) is 11.4. The first-order chi connectivity index (χ1) is 7.31. The lowest BCUT2D eigenvalue weighted by molar-refractivity contribution is 0.544. The molecule has 0 bridgehead atoms. The van der Waals surface area contributed by atoms with Gasteiger partial charge in [0.15, 0.2) is 17.4 Å². The van der Waals surface area contributed by atoms with Gasteiger partial charge in [0.2, 0.25) is 0 Å². The molecule has 0 aliphatic carbocycles. The van der Waals surface area contributed by atoms with Gasteiger partial charge in [-0.25, -0.2) is 0 Å². The molecule has 0 heterocycles. The topological polar surface area (TPSA) is 61.3 Å². The number of unbranched alkanes of at least 4 members (excludes halogenated alkanes) is 3. The highest BCUT2D eigenvalue weighted by Gasteiger charge is 2.18. The van der Waals surface area contributed by atoms with Crippen LogP contribution in [0.5, 0.6) is 0 Å². The minimum atomic E-state index is -1.30. The Morgan fingerprint density at radius 3 is 2.12 bits per heavy atom. The predicted octanol–water partition coefficient (Wildman–Crippen LogP) is 2.65. The molecule has 0 fully saturated rings. The predicted molar refractivity (Wildman–Crippen MR) is 76.1 cm³/mol. The highest BCUT2D eigenvalue weighted by atomic mass is 28.4. The van der Waals surface area contributed by atoms with Crippen LogP contribution in [-0.4, -0.2) is 23.5 Å². The van der Waals surface area contributed by atoms with Gasteiger partial charge in [0.05, 0.1) is 6.17 Å². The molecule has 0 spiro atoms. The van der Waals surface area contributed by atoms with E-state index in [2.05, 4.69) is 26.2 Å². The number of hydrogen-bond acceptors (Lipinski definition) is 3. The summed E-state index contributed by atoms with van der Waals surface area (Å²) in [5.74, 6) is 0. The van der Waals surface area contributed by atoms with Crippen molar-refractivity contribution < 1.29 is 4.12 Å². The lowest BCUT2D eigenvalue weighted by Crippen LogP contribution is -2.32. The van der Waals surface area contributed by atoms with Gasteiger partial charge in [0.25, 0.3) is 0 Å². The summed E-state index contributed by atoms with van der Waals surface area (Å²) in [4.78, 5) is 0. The van der Waals surface area contributed by atoms with Crippen LogP contribution >= 0.6 is 0 Å². The van der Waals surface area contributed by atoms with E-state index in [4.69, 9.17) is 15.6 Å². The zero-order chi connectivity index (χ0) is 12.6. The maximum absolute atomic E-state index is 6.08. The molecule has 16 heavy (non-hydrogen) atoms. The Balaban J connectivity index is 3.31. The third kappa shape index (κ3) is 12.4. The van der Waals surface area contributed by atoms with Crippen LogP contribution in [0.25, 0.3) is 0 Å². The van der Waals surface area contributed by atoms with E-state index in [0.29, 0.717) is 0 Å². The minimum absolute atomic E-state index is 0.124. The van der Waals surface area contributed by atoms with Crippen LogP contribution < -0.4 is 11.5 Å². The van der Waals surface area contributed by atoms with Crippen molar-refractivity contribution in [2.24, 2.45) is 11.5 Å². The summed E-state index contributed by atoms with van der Waals surface area (Å²) >= 11 is 0. The van der Waals surface area contributed by atoms with Crippen molar-refractivity contribution in [3.63, 3.8) is 0 Å². The first-order valence-electron chi connectivity index (χ1n) is 6.34. The SMILES string of the molecule is C[Si](CCCCCCC(N)N)O[Si](C)(C)C. The Morgan fingerprint density at radius 2 is 1.62 bits per heavy atom. The number of hydrogen-bond donors (Lipinski definition) is 2. The first kappa shape index (κ1) is 16.3. The minimum Gasteiger partial charge on any atom is -0.456 e. The molecule has 97 valence electrons. The van der Waals surface area contributed by atoms with E-state index in [9.17, 15) is 0 Å². The summed E-state index contributed by atoms with van der Waals surface area (Å²) in [6.45, 7) is 9.09. The van der Waals surface area contributed by atoms with Crippen molar-refractivity contribution in [1.82, 2.24) is 0 Å². The van der Waals surface area contributed by atoms with Gasteiger partial charge in [0, 0.05) is 0 Å². The molecule has 4 N–H and O–H groups in total. The zero-order valence-corrected chi connectivity index (χ0v) is 13.4. The summed E-state index contributed by atoms with van der Waals surface area (Å²) in [5.41, 5.74) is 11.0. The molecule has 0 rings (SSSR count). The standard InChI is InChI=1S/C11H29N2OSi2/c1-15(14-16(2,3)4)10-8-6-5-7-9-11(12)13/h11H,5-10,12-13H2,1-4H3. The van der Waals surface area contributed by atoms with Gasteiger partial charge >= 0.3 is 0 Å². The molecule has 1 radical (unpaired) electrons. The van der Waals surface area contributed by atoms with Gasteiger partial charge in [-0.2, -0.15) is 0 Å². The molecule has 0 unspecified atom stereocenters. The van der Waals surface area contributed by atoms with Crippen LogP contribution in [0.2, 0.25) is 32.2 Å². The molecule has 0 aliphatic rings. The van der Waals surface area contributed by atoms with E-state index < -0.39 is 17.4 Å². The van der Waals surface area contributed by atoms with Crippen molar-refractivity contribution in [3.8, 4) is 0 Å². The molecular formula is C11H29N2OSi2. The number of nitrogens with two attached hydrogens (primary N) is 2. The molecule has 0 aromatic heterocycles. The Labute approximate surface area is 104 Å². The molecule has 0 aromatic rings. The van der Waals surface area contributed by atoms with Crippen LogP contribution in [0.4, 0.5) is 0 Å². The molecule has 0 aliphatic heterocycles. The second-order valence-corrected chi connectivity index (χ2v) is 12.5. The number of rotatable bonds is 9. The molecular weight excluding hydrogens is 232 g/mol. The fourth-order valence-corrected chi connectivity index (χ4v) is 7.02. The monoisotopic (exact) mass is 261 g/mol. The summed E-state index contributed by atoms with van der Waals surface area (Å²) < 4.78 is 6.08. The van der Waals surface area contributed by atoms with Crippen molar-refractivity contribution in [1.29, 1.82) is 0 Å². The molecule has 5 heteroatoms. The molecule has 3 nitrogen and oxygen atoms in total. The van der Waals surface area contributed by atoms with Gasteiger partial charge in [-0.15, -0.1) is 0 Å².